The van der Waals surface area contributed by atoms with Crippen LogP contribution in [0.25, 0.3) is 0 Å². The molecule has 2 aromatic carbocycles. The SMILES string of the molecule is COc1cc(C)c(S(=O)(=O)N2CCCCC2COC(C)C(=O)NCC2CCC(CCc3ccccc3)(N3CCN(C)CC3)CC2)c(C)c1. The third-order valence-corrected chi connectivity index (χ3v) is 13.5. The first-order valence-electron chi connectivity index (χ1n) is 18.1. The molecule has 3 aliphatic rings. The van der Waals surface area contributed by atoms with Crippen LogP contribution in [0, 0.1) is 19.8 Å². The highest BCUT2D eigenvalue weighted by atomic mass is 32.2. The second-order valence-corrected chi connectivity index (χ2v) is 16.3. The largest absolute Gasteiger partial charge is 0.497 e. The van der Waals surface area contributed by atoms with Crippen LogP contribution in [-0.2, 0) is 26.0 Å². The minimum atomic E-state index is -3.74. The minimum Gasteiger partial charge on any atom is -0.497 e. The number of carbonyl (C=O) groups excluding carboxylic acids is 1. The van der Waals surface area contributed by atoms with E-state index in [-0.39, 0.29) is 24.1 Å². The Balaban J connectivity index is 1.13. The Labute approximate surface area is 289 Å². The van der Waals surface area contributed by atoms with E-state index in [9.17, 15) is 13.2 Å². The van der Waals surface area contributed by atoms with Crippen LogP contribution < -0.4 is 10.1 Å². The van der Waals surface area contributed by atoms with Crippen molar-refractivity contribution in [2.24, 2.45) is 5.92 Å². The molecule has 3 fully saturated rings. The molecule has 1 aliphatic carbocycles. The summed E-state index contributed by atoms with van der Waals surface area (Å²) in [5.74, 6) is 0.975. The van der Waals surface area contributed by atoms with Crippen LogP contribution in [0.15, 0.2) is 47.4 Å². The number of nitrogens with zero attached hydrogens (tertiary/aromatic N) is 3. The van der Waals surface area contributed by atoms with Gasteiger partial charge >= 0.3 is 0 Å². The van der Waals surface area contributed by atoms with Crippen LogP contribution in [-0.4, -0.2) is 106 Å². The maximum atomic E-state index is 13.9. The normalized spacial score (nSPS) is 25.4. The molecule has 0 spiro atoms. The maximum absolute atomic E-state index is 13.9. The highest BCUT2D eigenvalue weighted by Gasteiger charge is 2.41. The maximum Gasteiger partial charge on any atom is 0.248 e. The lowest BCUT2D eigenvalue weighted by Crippen LogP contribution is -2.58. The van der Waals surface area contributed by atoms with E-state index in [0.29, 0.717) is 47.2 Å². The molecular formula is C38H58N4O5S. The molecule has 1 amide bonds. The second-order valence-electron chi connectivity index (χ2n) is 14.5. The van der Waals surface area contributed by atoms with Crippen molar-refractivity contribution in [1.29, 1.82) is 0 Å². The molecule has 0 bridgehead atoms. The van der Waals surface area contributed by atoms with Gasteiger partial charge in [0.05, 0.1) is 18.6 Å². The van der Waals surface area contributed by atoms with Crippen molar-refractivity contribution in [3.63, 3.8) is 0 Å². The molecule has 1 N–H and O–H groups in total. The quantitative estimate of drug-likeness (QED) is 0.311. The van der Waals surface area contributed by atoms with Gasteiger partial charge in [-0.1, -0.05) is 36.8 Å². The fraction of sp³-hybridized carbons (Fsp3) is 0.658. The van der Waals surface area contributed by atoms with Crippen molar-refractivity contribution in [2.75, 3.05) is 60.0 Å². The van der Waals surface area contributed by atoms with Gasteiger partial charge < -0.3 is 19.7 Å². The van der Waals surface area contributed by atoms with E-state index in [1.54, 1.807) is 30.5 Å². The number of carbonyl (C=O) groups is 1. The molecule has 2 unspecified atom stereocenters. The highest BCUT2D eigenvalue weighted by molar-refractivity contribution is 7.89. The van der Waals surface area contributed by atoms with E-state index in [1.165, 1.54) is 12.0 Å². The molecule has 9 nitrogen and oxygen atoms in total. The Morgan fingerprint density at radius 3 is 2.29 bits per heavy atom. The van der Waals surface area contributed by atoms with Gasteiger partial charge in [-0.15, -0.1) is 0 Å². The molecule has 5 rings (SSSR count). The van der Waals surface area contributed by atoms with Gasteiger partial charge in [-0.25, -0.2) is 8.42 Å². The Kier molecular flexibility index (Phi) is 12.6. The first-order valence-corrected chi connectivity index (χ1v) is 19.5. The van der Waals surface area contributed by atoms with E-state index in [1.807, 2.05) is 13.8 Å². The summed E-state index contributed by atoms with van der Waals surface area (Å²) in [5.41, 5.74) is 2.98. The van der Waals surface area contributed by atoms with Gasteiger partial charge in [0.25, 0.3) is 0 Å². The third kappa shape index (κ3) is 8.80. The standard InChI is InChI=1S/C38H58N4O5S/c1-29-25-35(46-5)26-30(2)36(29)48(44,45)42-20-10-9-13-34(42)28-47-31(3)37(43)39-27-33-15-18-38(19-16-33,41-23-21-40(4)22-24-41)17-14-32-11-7-6-8-12-32/h6-8,11-12,25-26,31,33-34H,9-10,13-24,27-28H2,1-5H3,(H,39,43). The average molecular weight is 683 g/mol. The van der Waals surface area contributed by atoms with Gasteiger partial charge in [0.15, 0.2) is 0 Å². The molecule has 2 atom stereocenters. The topological polar surface area (TPSA) is 91.4 Å². The average Bonchev–Trinajstić information content (AvgIpc) is 3.09. The van der Waals surface area contributed by atoms with Crippen LogP contribution in [0.3, 0.4) is 0 Å². The smallest absolute Gasteiger partial charge is 0.248 e. The summed E-state index contributed by atoms with van der Waals surface area (Å²) in [6.07, 6.45) is 8.62. The molecule has 2 aromatic rings. The third-order valence-electron chi connectivity index (χ3n) is 11.2. The first-order chi connectivity index (χ1) is 23.0. The van der Waals surface area contributed by atoms with E-state index >= 15 is 0 Å². The fourth-order valence-corrected chi connectivity index (χ4v) is 10.3. The van der Waals surface area contributed by atoms with Crippen LogP contribution in [0.5, 0.6) is 5.75 Å². The van der Waals surface area contributed by atoms with Crippen LogP contribution in [0.1, 0.15) is 75.0 Å². The van der Waals surface area contributed by atoms with Gasteiger partial charge in [-0.3, -0.25) is 9.69 Å². The lowest BCUT2D eigenvalue weighted by Gasteiger charge is -2.51. The van der Waals surface area contributed by atoms with Crippen LogP contribution in [0.4, 0.5) is 0 Å². The van der Waals surface area contributed by atoms with Crippen molar-refractivity contribution in [2.45, 2.75) is 101 Å². The Morgan fingerprint density at radius 2 is 1.65 bits per heavy atom. The number of benzene rings is 2. The van der Waals surface area contributed by atoms with Crippen LogP contribution in [0.2, 0.25) is 0 Å². The van der Waals surface area contributed by atoms with Gasteiger partial charge in [0.2, 0.25) is 15.9 Å². The number of hydrogen-bond donors (Lipinski definition) is 1. The summed E-state index contributed by atoms with van der Waals surface area (Å²) < 4.78 is 40.9. The number of likely N-dealkylation sites (N-methyl/N-ethyl adjacent to an activating group) is 1. The number of methoxy groups -OCH3 is 1. The molecule has 2 aliphatic heterocycles. The predicted molar refractivity (Wildman–Crippen MR) is 191 cm³/mol. The summed E-state index contributed by atoms with van der Waals surface area (Å²) >= 11 is 0. The van der Waals surface area contributed by atoms with Gasteiger partial charge in [0, 0.05) is 50.8 Å². The van der Waals surface area contributed by atoms with Crippen molar-refractivity contribution < 1.29 is 22.7 Å². The number of aryl methyl sites for hydroxylation is 3. The summed E-state index contributed by atoms with van der Waals surface area (Å²) in [4.78, 5) is 18.7. The number of amides is 1. The monoisotopic (exact) mass is 682 g/mol. The zero-order valence-electron chi connectivity index (χ0n) is 29.9. The Hall–Kier alpha value is -2.50. The van der Waals surface area contributed by atoms with Crippen molar-refractivity contribution >= 4 is 15.9 Å². The van der Waals surface area contributed by atoms with E-state index in [2.05, 4.69) is 52.5 Å². The molecular weight excluding hydrogens is 625 g/mol. The first kappa shape index (κ1) is 36.8. The minimum absolute atomic E-state index is 0.123. The zero-order chi connectivity index (χ0) is 34.3. The number of sulfonamides is 1. The number of rotatable bonds is 13. The number of piperazine rings is 1. The zero-order valence-corrected chi connectivity index (χ0v) is 30.7. The van der Waals surface area contributed by atoms with Crippen molar-refractivity contribution in [3.05, 3.63) is 59.2 Å². The molecule has 48 heavy (non-hydrogen) atoms. The van der Waals surface area contributed by atoms with Gasteiger partial charge in [-0.2, -0.15) is 4.31 Å². The molecule has 266 valence electrons. The Morgan fingerprint density at radius 1 is 0.979 bits per heavy atom. The molecule has 10 heteroatoms. The summed E-state index contributed by atoms with van der Waals surface area (Å²) in [5, 5.41) is 3.18. The summed E-state index contributed by atoms with van der Waals surface area (Å²) in [6.45, 7) is 11.2. The number of hydrogen-bond acceptors (Lipinski definition) is 7. The number of ether oxygens (including phenoxy) is 2. The second kappa shape index (κ2) is 16.5. The molecule has 1 saturated carbocycles. The van der Waals surface area contributed by atoms with Crippen molar-refractivity contribution in [3.8, 4) is 5.75 Å². The summed E-state index contributed by atoms with van der Waals surface area (Å²) in [6, 6.07) is 14.1. The number of piperidine rings is 1. The van der Waals surface area contributed by atoms with Gasteiger partial charge in [-0.05, 0) is 114 Å². The van der Waals surface area contributed by atoms with Crippen molar-refractivity contribution in [1.82, 2.24) is 19.4 Å². The highest BCUT2D eigenvalue weighted by Crippen LogP contribution is 2.40. The predicted octanol–water partition coefficient (Wildman–Crippen LogP) is 5.19. The lowest BCUT2D eigenvalue weighted by atomic mass is 9.72. The lowest BCUT2D eigenvalue weighted by molar-refractivity contribution is -0.133. The molecule has 2 heterocycles. The Bertz CT molecular complexity index is 1430. The molecule has 0 aromatic heterocycles. The van der Waals surface area contributed by atoms with Gasteiger partial charge in [0.1, 0.15) is 11.9 Å². The molecule has 0 radical (unpaired) electrons. The number of nitrogens with one attached hydrogen (secondary N) is 1. The van der Waals surface area contributed by atoms with Crippen LogP contribution >= 0.6 is 0 Å². The van der Waals surface area contributed by atoms with E-state index < -0.39 is 16.1 Å². The summed E-state index contributed by atoms with van der Waals surface area (Å²) in [7, 11) is 0.0624. The molecule has 2 saturated heterocycles. The van der Waals surface area contributed by atoms with E-state index in [4.69, 9.17) is 9.47 Å². The van der Waals surface area contributed by atoms with E-state index in [0.717, 1.165) is 71.1 Å². The fourth-order valence-electron chi connectivity index (χ4n) is 8.18.